The number of H-pyrrole nitrogens is 1. The Morgan fingerprint density at radius 1 is 1.47 bits per heavy atom. The predicted molar refractivity (Wildman–Crippen MR) is 67.1 cm³/mol. The SMILES string of the molecule is CCC(C)Nc1nnc(-c2ccc(=O)[nH]n2)s1. The summed E-state index contributed by atoms with van der Waals surface area (Å²) in [6.07, 6.45) is 1.02. The van der Waals surface area contributed by atoms with Crippen molar-refractivity contribution >= 4 is 16.5 Å². The Hall–Kier alpha value is -1.76. The largest absolute Gasteiger partial charge is 0.358 e. The van der Waals surface area contributed by atoms with Crippen molar-refractivity contribution in [2.75, 3.05) is 5.32 Å². The average molecular weight is 251 g/mol. The lowest BCUT2D eigenvalue weighted by Gasteiger charge is -2.07. The van der Waals surface area contributed by atoms with E-state index >= 15 is 0 Å². The van der Waals surface area contributed by atoms with Crippen molar-refractivity contribution in [2.45, 2.75) is 26.3 Å². The maximum absolute atomic E-state index is 10.9. The number of nitrogens with one attached hydrogen (secondary N) is 2. The molecule has 7 heteroatoms. The fourth-order valence-electron chi connectivity index (χ4n) is 1.16. The molecule has 2 heterocycles. The van der Waals surface area contributed by atoms with Crippen LogP contribution in [-0.4, -0.2) is 26.4 Å². The van der Waals surface area contributed by atoms with Gasteiger partial charge in [-0.3, -0.25) is 4.79 Å². The molecule has 1 unspecified atom stereocenters. The molecule has 0 aliphatic carbocycles. The van der Waals surface area contributed by atoms with Gasteiger partial charge in [0, 0.05) is 12.1 Å². The monoisotopic (exact) mass is 251 g/mol. The fraction of sp³-hybridized carbons (Fsp3) is 0.400. The Kier molecular flexibility index (Phi) is 3.48. The van der Waals surface area contributed by atoms with Crippen molar-refractivity contribution in [3.63, 3.8) is 0 Å². The summed E-state index contributed by atoms with van der Waals surface area (Å²) in [4.78, 5) is 10.9. The second kappa shape index (κ2) is 5.05. The lowest BCUT2D eigenvalue weighted by atomic mass is 10.3. The van der Waals surface area contributed by atoms with E-state index in [1.165, 1.54) is 17.4 Å². The van der Waals surface area contributed by atoms with Crippen molar-refractivity contribution in [3.05, 3.63) is 22.5 Å². The molecule has 0 spiro atoms. The van der Waals surface area contributed by atoms with E-state index in [9.17, 15) is 4.79 Å². The van der Waals surface area contributed by atoms with Crippen LogP contribution in [0.25, 0.3) is 10.7 Å². The summed E-state index contributed by atoms with van der Waals surface area (Å²) >= 11 is 1.42. The normalized spacial score (nSPS) is 12.4. The molecule has 0 amide bonds. The van der Waals surface area contributed by atoms with Crippen molar-refractivity contribution in [1.82, 2.24) is 20.4 Å². The zero-order chi connectivity index (χ0) is 12.3. The van der Waals surface area contributed by atoms with Crippen LogP contribution in [0.4, 0.5) is 5.13 Å². The zero-order valence-corrected chi connectivity index (χ0v) is 10.4. The molecule has 2 aromatic rings. The minimum absolute atomic E-state index is 0.226. The molecule has 0 radical (unpaired) electrons. The maximum atomic E-state index is 10.9. The minimum Gasteiger partial charge on any atom is -0.358 e. The van der Waals surface area contributed by atoms with Crippen LogP contribution in [-0.2, 0) is 0 Å². The van der Waals surface area contributed by atoms with Gasteiger partial charge in [0.2, 0.25) is 5.13 Å². The Morgan fingerprint density at radius 3 is 2.94 bits per heavy atom. The van der Waals surface area contributed by atoms with E-state index in [4.69, 9.17) is 0 Å². The Morgan fingerprint density at radius 2 is 2.29 bits per heavy atom. The molecule has 2 N–H and O–H groups in total. The van der Waals surface area contributed by atoms with E-state index in [0.29, 0.717) is 16.7 Å². The minimum atomic E-state index is -0.226. The topological polar surface area (TPSA) is 83.6 Å². The van der Waals surface area contributed by atoms with Crippen LogP contribution in [0.3, 0.4) is 0 Å². The van der Waals surface area contributed by atoms with Gasteiger partial charge in [0.15, 0.2) is 5.01 Å². The highest BCUT2D eigenvalue weighted by atomic mass is 32.1. The van der Waals surface area contributed by atoms with Gasteiger partial charge in [-0.25, -0.2) is 5.10 Å². The molecule has 1 atom stereocenters. The summed E-state index contributed by atoms with van der Waals surface area (Å²) in [7, 11) is 0. The number of aromatic nitrogens is 4. The van der Waals surface area contributed by atoms with E-state index in [1.54, 1.807) is 6.07 Å². The van der Waals surface area contributed by atoms with E-state index < -0.39 is 0 Å². The third kappa shape index (κ3) is 2.88. The Balaban J connectivity index is 2.18. The Bertz CT molecular complexity index is 529. The quantitative estimate of drug-likeness (QED) is 0.860. The second-order valence-corrected chi connectivity index (χ2v) is 4.65. The highest BCUT2D eigenvalue weighted by Gasteiger charge is 2.09. The summed E-state index contributed by atoms with van der Waals surface area (Å²) < 4.78 is 0. The third-order valence-corrected chi connectivity index (χ3v) is 3.18. The summed E-state index contributed by atoms with van der Waals surface area (Å²) in [5.41, 5.74) is 0.399. The van der Waals surface area contributed by atoms with Gasteiger partial charge < -0.3 is 5.32 Å². The molecule has 6 nitrogen and oxygen atoms in total. The smallest absolute Gasteiger partial charge is 0.264 e. The molecule has 2 rings (SSSR count). The lowest BCUT2D eigenvalue weighted by molar-refractivity contribution is 0.760. The van der Waals surface area contributed by atoms with Gasteiger partial charge in [0.25, 0.3) is 5.56 Å². The summed E-state index contributed by atoms with van der Waals surface area (Å²) in [6.45, 7) is 4.18. The van der Waals surface area contributed by atoms with Crippen molar-refractivity contribution in [3.8, 4) is 10.7 Å². The van der Waals surface area contributed by atoms with Gasteiger partial charge in [0.05, 0.1) is 0 Å². The summed E-state index contributed by atoms with van der Waals surface area (Å²) in [5.74, 6) is 0. The number of anilines is 1. The number of rotatable bonds is 4. The molecule has 0 aromatic carbocycles. The van der Waals surface area contributed by atoms with Crippen LogP contribution >= 0.6 is 11.3 Å². The van der Waals surface area contributed by atoms with Crippen molar-refractivity contribution in [2.24, 2.45) is 0 Å². The highest BCUT2D eigenvalue weighted by Crippen LogP contribution is 2.24. The highest BCUT2D eigenvalue weighted by molar-refractivity contribution is 7.18. The predicted octanol–water partition coefficient (Wildman–Crippen LogP) is 1.50. The Labute approximate surface area is 102 Å². The van der Waals surface area contributed by atoms with Gasteiger partial charge >= 0.3 is 0 Å². The van der Waals surface area contributed by atoms with E-state index in [-0.39, 0.29) is 5.56 Å². The molecule has 0 aliphatic heterocycles. The standard InChI is InChI=1S/C10H13N5OS/c1-3-6(2)11-10-15-14-9(17-10)7-4-5-8(16)13-12-7/h4-6H,3H2,1-2H3,(H,11,15)(H,13,16). The van der Waals surface area contributed by atoms with Crippen LogP contribution < -0.4 is 10.9 Å². The fourth-order valence-corrected chi connectivity index (χ4v) is 1.99. The third-order valence-electron chi connectivity index (χ3n) is 2.31. The molecule has 0 saturated carbocycles. The zero-order valence-electron chi connectivity index (χ0n) is 9.60. The van der Waals surface area contributed by atoms with Gasteiger partial charge in [-0.05, 0) is 19.4 Å². The van der Waals surface area contributed by atoms with Gasteiger partial charge in [0.1, 0.15) is 5.69 Å². The van der Waals surface area contributed by atoms with Crippen LogP contribution in [0.1, 0.15) is 20.3 Å². The second-order valence-electron chi connectivity index (χ2n) is 3.67. The molecular weight excluding hydrogens is 238 g/mol. The maximum Gasteiger partial charge on any atom is 0.264 e. The number of hydrogen-bond donors (Lipinski definition) is 2. The molecular formula is C10H13N5OS. The first-order chi connectivity index (χ1) is 8.19. The molecule has 0 bridgehead atoms. The molecule has 0 aliphatic rings. The first kappa shape index (κ1) is 11.7. The van der Waals surface area contributed by atoms with Crippen LogP contribution in [0.5, 0.6) is 0 Å². The average Bonchev–Trinajstić information content (AvgIpc) is 2.78. The van der Waals surface area contributed by atoms with Gasteiger partial charge in [-0.2, -0.15) is 5.10 Å². The molecule has 90 valence electrons. The number of aromatic amines is 1. The van der Waals surface area contributed by atoms with Gasteiger partial charge in [-0.1, -0.05) is 18.3 Å². The molecule has 2 aromatic heterocycles. The van der Waals surface area contributed by atoms with Gasteiger partial charge in [-0.15, -0.1) is 10.2 Å². The van der Waals surface area contributed by atoms with Crippen LogP contribution in [0.15, 0.2) is 16.9 Å². The van der Waals surface area contributed by atoms with E-state index in [2.05, 4.69) is 39.6 Å². The molecule has 17 heavy (non-hydrogen) atoms. The number of nitrogens with zero attached hydrogens (tertiary/aromatic N) is 3. The van der Waals surface area contributed by atoms with Crippen molar-refractivity contribution in [1.29, 1.82) is 0 Å². The van der Waals surface area contributed by atoms with Crippen LogP contribution in [0, 0.1) is 0 Å². The van der Waals surface area contributed by atoms with E-state index in [0.717, 1.165) is 11.6 Å². The first-order valence-electron chi connectivity index (χ1n) is 5.35. The molecule has 0 fully saturated rings. The number of hydrogen-bond acceptors (Lipinski definition) is 6. The first-order valence-corrected chi connectivity index (χ1v) is 6.17. The molecule has 0 saturated heterocycles. The summed E-state index contributed by atoms with van der Waals surface area (Å²) in [5, 5.41) is 19.0. The van der Waals surface area contributed by atoms with E-state index in [1.807, 2.05) is 0 Å². The lowest BCUT2D eigenvalue weighted by Crippen LogP contribution is -2.12. The van der Waals surface area contributed by atoms with Crippen molar-refractivity contribution < 1.29 is 0 Å². The van der Waals surface area contributed by atoms with Crippen LogP contribution in [0.2, 0.25) is 0 Å². The summed E-state index contributed by atoms with van der Waals surface area (Å²) in [6, 6.07) is 3.41.